The standard InChI is InChI=1S/C6H13N3O2/c7-9-6(10)8-5-1-3-11-4-2-5/h5H,1-4,7H2,(H2,8,9,10). The van der Waals surface area contributed by atoms with Gasteiger partial charge in [-0.1, -0.05) is 0 Å². The number of carbonyl (C=O) groups excluding carboxylic acids is 1. The molecule has 0 aromatic rings. The molecule has 64 valence electrons. The Morgan fingerprint density at radius 3 is 2.64 bits per heavy atom. The van der Waals surface area contributed by atoms with E-state index in [0.29, 0.717) is 0 Å². The van der Waals surface area contributed by atoms with E-state index in [1.165, 1.54) is 0 Å². The van der Waals surface area contributed by atoms with E-state index < -0.39 is 0 Å². The molecule has 0 saturated carbocycles. The van der Waals surface area contributed by atoms with Crippen LogP contribution in [0.1, 0.15) is 12.8 Å². The van der Waals surface area contributed by atoms with E-state index >= 15 is 0 Å². The van der Waals surface area contributed by atoms with Gasteiger partial charge in [-0.2, -0.15) is 0 Å². The zero-order valence-corrected chi connectivity index (χ0v) is 6.30. The molecule has 4 N–H and O–H groups in total. The number of carbonyl (C=O) groups is 1. The van der Waals surface area contributed by atoms with Crippen LogP contribution in [0.3, 0.4) is 0 Å². The van der Waals surface area contributed by atoms with Gasteiger partial charge < -0.3 is 10.1 Å². The van der Waals surface area contributed by atoms with Crippen molar-refractivity contribution in [1.82, 2.24) is 10.7 Å². The maximum Gasteiger partial charge on any atom is 0.329 e. The summed E-state index contributed by atoms with van der Waals surface area (Å²) in [7, 11) is 0. The lowest BCUT2D eigenvalue weighted by Crippen LogP contribution is -2.46. The van der Waals surface area contributed by atoms with Gasteiger partial charge in [0.1, 0.15) is 0 Å². The first-order chi connectivity index (χ1) is 5.33. The zero-order valence-electron chi connectivity index (χ0n) is 6.30. The van der Waals surface area contributed by atoms with E-state index in [9.17, 15) is 4.79 Å². The van der Waals surface area contributed by atoms with Crippen molar-refractivity contribution in [2.24, 2.45) is 5.84 Å². The number of rotatable bonds is 1. The Labute approximate surface area is 65.2 Å². The molecule has 0 unspecified atom stereocenters. The lowest BCUT2D eigenvalue weighted by Gasteiger charge is -2.22. The minimum absolute atomic E-state index is 0.215. The van der Waals surface area contributed by atoms with Crippen molar-refractivity contribution in [3.63, 3.8) is 0 Å². The van der Waals surface area contributed by atoms with Crippen molar-refractivity contribution in [3.8, 4) is 0 Å². The number of ether oxygens (including phenoxy) is 1. The van der Waals surface area contributed by atoms with E-state index in [-0.39, 0.29) is 12.1 Å². The molecule has 0 radical (unpaired) electrons. The fraction of sp³-hybridized carbons (Fsp3) is 0.833. The molecular formula is C6H13N3O2. The number of hydrogen-bond acceptors (Lipinski definition) is 3. The lowest BCUT2D eigenvalue weighted by molar-refractivity contribution is 0.0801. The minimum Gasteiger partial charge on any atom is -0.381 e. The summed E-state index contributed by atoms with van der Waals surface area (Å²) in [6.07, 6.45) is 1.74. The van der Waals surface area contributed by atoms with Crippen molar-refractivity contribution in [2.45, 2.75) is 18.9 Å². The first-order valence-electron chi connectivity index (χ1n) is 3.68. The van der Waals surface area contributed by atoms with Crippen molar-refractivity contribution in [1.29, 1.82) is 0 Å². The predicted molar refractivity (Wildman–Crippen MR) is 39.7 cm³/mol. The second-order valence-electron chi connectivity index (χ2n) is 2.50. The maximum atomic E-state index is 10.7. The average Bonchev–Trinajstić information content (AvgIpc) is 2.06. The fourth-order valence-corrected chi connectivity index (χ4v) is 1.07. The van der Waals surface area contributed by atoms with Gasteiger partial charge in [-0.15, -0.1) is 0 Å². The Morgan fingerprint density at radius 2 is 2.09 bits per heavy atom. The number of amides is 2. The molecule has 1 aliphatic rings. The molecule has 0 aromatic carbocycles. The van der Waals surface area contributed by atoms with Crippen LogP contribution >= 0.6 is 0 Å². The van der Waals surface area contributed by atoms with Crippen molar-refractivity contribution < 1.29 is 9.53 Å². The number of nitrogens with two attached hydrogens (primary N) is 1. The summed E-state index contributed by atoms with van der Waals surface area (Å²) in [6.45, 7) is 1.44. The van der Waals surface area contributed by atoms with Crippen LogP contribution in [-0.4, -0.2) is 25.3 Å². The molecule has 2 amide bonds. The highest BCUT2D eigenvalue weighted by atomic mass is 16.5. The van der Waals surface area contributed by atoms with Crippen LogP contribution in [0, 0.1) is 0 Å². The van der Waals surface area contributed by atoms with Gasteiger partial charge in [-0.05, 0) is 12.8 Å². The van der Waals surface area contributed by atoms with E-state index in [2.05, 4.69) is 5.32 Å². The van der Waals surface area contributed by atoms with Gasteiger partial charge in [-0.3, -0.25) is 5.43 Å². The summed E-state index contributed by atoms with van der Waals surface area (Å²) in [5.41, 5.74) is 2.02. The first-order valence-corrected chi connectivity index (χ1v) is 3.68. The number of nitrogens with one attached hydrogen (secondary N) is 2. The molecule has 1 aliphatic heterocycles. The van der Waals surface area contributed by atoms with E-state index in [4.69, 9.17) is 10.6 Å². The fourth-order valence-electron chi connectivity index (χ4n) is 1.07. The second-order valence-corrected chi connectivity index (χ2v) is 2.50. The van der Waals surface area contributed by atoms with Crippen LogP contribution in [0.2, 0.25) is 0 Å². The van der Waals surface area contributed by atoms with E-state index in [1.807, 2.05) is 5.43 Å². The van der Waals surface area contributed by atoms with E-state index in [1.54, 1.807) is 0 Å². The molecule has 0 atom stereocenters. The van der Waals surface area contributed by atoms with Gasteiger partial charge in [-0.25, -0.2) is 10.6 Å². The van der Waals surface area contributed by atoms with Crippen molar-refractivity contribution >= 4 is 6.03 Å². The Hall–Kier alpha value is -0.810. The number of urea groups is 1. The molecular weight excluding hydrogens is 146 g/mol. The molecule has 1 saturated heterocycles. The molecule has 1 rings (SSSR count). The summed E-state index contributed by atoms with van der Waals surface area (Å²) in [5, 5.41) is 2.71. The third-order valence-corrected chi connectivity index (χ3v) is 1.69. The van der Waals surface area contributed by atoms with Gasteiger partial charge in [0.15, 0.2) is 0 Å². The first kappa shape index (κ1) is 8.29. The van der Waals surface area contributed by atoms with E-state index in [0.717, 1.165) is 26.1 Å². The molecule has 5 nitrogen and oxygen atoms in total. The Kier molecular flexibility index (Phi) is 3.13. The molecule has 1 fully saturated rings. The van der Waals surface area contributed by atoms with Crippen LogP contribution in [0.5, 0.6) is 0 Å². The third kappa shape index (κ3) is 2.73. The Bertz CT molecular complexity index is 134. The van der Waals surface area contributed by atoms with Crippen LogP contribution in [-0.2, 0) is 4.74 Å². The smallest absolute Gasteiger partial charge is 0.329 e. The normalized spacial score (nSPS) is 19.4. The summed E-state index contributed by atoms with van der Waals surface area (Å²) < 4.78 is 5.11. The Balaban J connectivity index is 2.19. The van der Waals surface area contributed by atoms with Crippen LogP contribution < -0.4 is 16.6 Å². The lowest BCUT2D eigenvalue weighted by atomic mass is 10.1. The molecule has 5 heteroatoms. The monoisotopic (exact) mass is 159 g/mol. The van der Waals surface area contributed by atoms with Crippen LogP contribution in [0.25, 0.3) is 0 Å². The largest absolute Gasteiger partial charge is 0.381 e. The zero-order chi connectivity index (χ0) is 8.10. The molecule has 0 spiro atoms. The van der Waals surface area contributed by atoms with Gasteiger partial charge in [0.05, 0.1) is 0 Å². The highest BCUT2D eigenvalue weighted by molar-refractivity contribution is 5.73. The van der Waals surface area contributed by atoms with Gasteiger partial charge in [0, 0.05) is 19.3 Å². The van der Waals surface area contributed by atoms with Crippen LogP contribution in [0.15, 0.2) is 0 Å². The minimum atomic E-state index is -0.322. The van der Waals surface area contributed by atoms with Crippen molar-refractivity contribution in [3.05, 3.63) is 0 Å². The molecule has 0 aromatic heterocycles. The van der Waals surface area contributed by atoms with Gasteiger partial charge >= 0.3 is 6.03 Å². The number of hydrazine groups is 1. The second kappa shape index (κ2) is 4.15. The topological polar surface area (TPSA) is 76.4 Å². The maximum absolute atomic E-state index is 10.7. The van der Waals surface area contributed by atoms with Gasteiger partial charge in [0.2, 0.25) is 0 Å². The van der Waals surface area contributed by atoms with Crippen LogP contribution in [0.4, 0.5) is 4.79 Å². The molecule has 11 heavy (non-hydrogen) atoms. The highest BCUT2D eigenvalue weighted by Crippen LogP contribution is 2.05. The number of hydrogen-bond donors (Lipinski definition) is 3. The summed E-state index contributed by atoms with van der Waals surface area (Å²) in [6, 6.07) is -0.107. The quantitative estimate of drug-likeness (QED) is 0.270. The summed E-state index contributed by atoms with van der Waals surface area (Å²) >= 11 is 0. The molecule has 0 bridgehead atoms. The van der Waals surface area contributed by atoms with Gasteiger partial charge in [0.25, 0.3) is 0 Å². The predicted octanol–water partition coefficient (Wildman–Crippen LogP) is -0.662. The van der Waals surface area contributed by atoms with Crippen molar-refractivity contribution in [2.75, 3.05) is 13.2 Å². The molecule has 1 heterocycles. The summed E-state index contributed by atoms with van der Waals surface area (Å²) in [4.78, 5) is 10.7. The average molecular weight is 159 g/mol. The highest BCUT2D eigenvalue weighted by Gasteiger charge is 2.14. The Morgan fingerprint density at radius 1 is 1.45 bits per heavy atom. The third-order valence-electron chi connectivity index (χ3n) is 1.69. The SMILES string of the molecule is NNC(=O)NC1CCOCC1. The molecule has 0 aliphatic carbocycles. The summed E-state index contributed by atoms with van der Waals surface area (Å²) in [5.74, 6) is 4.90.